The van der Waals surface area contributed by atoms with Gasteiger partial charge in [0.15, 0.2) is 9.84 Å². The summed E-state index contributed by atoms with van der Waals surface area (Å²) in [5.41, 5.74) is -1.25. The summed E-state index contributed by atoms with van der Waals surface area (Å²) >= 11 is 0. The van der Waals surface area contributed by atoms with Crippen LogP contribution in [0.15, 0.2) is 29.2 Å². The van der Waals surface area contributed by atoms with Crippen molar-refractivity contribution in [3.05, 3.63) is 24.3 Å². The highest BCUT2D eigenvalue weighted by Gasteiger charge is 2.65. The van der Waals surface area contributed by atoms with Crippen LogP contribution in [0.2, 0.25) is 0 Å². The van der Waals surface area contributed by atoms with E-state index in [1.54, 1.807) is 0 Å². The number of hydrogen-bond donors (Lipinski definition) is 0. The van der Waals surface area contributed by atoms with Gasteiger partial charge in [0.05, 0.1) is 16.1 Å². The molecule has 6 nitrogen and oxygen atoms in total. The van der Waals surface area contributed by atoms with Crippen LogP contribution in [0.25, 0.3) is 0 Å². The highest BCUT2D eigenvalue weighted by molar-refractivity contribution is 7.90. The molecule has 0 aromatic heterocycles. The first-order valence-corrected chi connectivity index (χ1v) is 11.6. The fourth-order valence-electron chi connectivity index (χ4n) is 4.33. The number of benzene rings is 1. The summed E-state index contributed by atoms with van der Waals surface area (Å²) in [6, 6.07) is 5.22. The van der Waals surface area contributed by atoms with Crippen LogP contribution in [0.1, 0.15) is 33.1 Å². The first-order valence-electron chi connectivity index (χ1n) is 8.13. The van der Waals surface area contributed by atoms with Crippen molar-refractivity contribution in [3.63, 3.8) is 0 Å². The summed E-state index contributed by atoms with van der Waals surface area (Å²) in [6.45, 7) is 3.93. The van der Waals surface area contributed by atoms with E-state index in [0.717, 1.165) is 12.7 Å². The quantitative estimate of drug-likeness (QED) is 0.720. The molecule has 0 radical (unpaired) electrons. The molecule has 1 aromatic rings. The molecule has 0 amide bonds. The van der Waals surface area contributed by atoms with Crippen molar-refractivity contribution in [3.8, 4) is 5.75 Å². The lowest BCUT2D eigenvalue weighted by atomic mass is 9.70. The minimum absolute atomic E-state index is 0.00773. The third kappa shape index (κ3) is 2.99. The fraction of sp³-hybridized carbons (Fsp3) is 0.588. The molecule has 0 saturated heterocycles. The van der Waals surface area contributed by atoms with Gasteiger partial charge < -0.3 is 4.18 Å². The van der Waals surface area contributed by atoms with Gasteiger partial charge in [-0.1, -0.05) is 13.8 Å². The summed E-state index contributed by atoms with van der Waals surface area (Å²) in [6.07, 6.45) is 2.94. The van der Waals surface area contributed by atoms with E-state index in [0.29, 0.717) is 12.8 Å². The van der Waals surface area contributed by atoms with Crippen molar-refractivity contribution >= 4 is 25.7 Å². The van der Waals surface area contributed by atoms with Crippen molar-refractivity contribution in [1.29, 1.82) is 0 Å². The molecule has 0 spiro atoms. The number of Topliss-reactive ketones (excluding diaryl/α,β-unsaturated/α-hetero) is 1. The lowest BCUT2D eigenvalue weighted by Gasteiger charge is -2.35. The maximum Gasteiger partial charge on any atom is 0.310 e. The van der Waals surface area contributed by atoms with Crippen molar-refractivity contribution in [1.82, 2.24) is 0 Å². The van der Waals surface area contributed by atoms with Gasteiger partial charge >= 0.3 is 10.1 Å². The largest absolute Gasteiger partial charge is 0.382 e. The van der Waals surface area contributed by atoms with Gasteiger partial charge in [-0.25, -0.2) is 8.42 Å². The Morgan fingerprint density at radius 1 is 1.12 bits per heavy atom. The Labute approximate surface area is 148 Å². The van der Waals surface area contributed by atoms with Crippen LogP contribution in [0, 0.1) is 16.7 Å². The average molecular weight is 386 g/mol. The number of hydrogen-bond acceptors (Lipinski definition) is 6. The second-order valence-electron chi connectivity index (χ2n) is 7.70. The van der Waals surface area contributed by atoms with Crippen LogP contribution in [0.5, 0.6) is 5.75 Å². The Hall–Kier alpha value is -1.41. The number of ketones is 1. The molecular formula is C17H22O6S2. The van der Waals surface area contributed by atoms with Crippen LogP contribution in [0.3, 0.4) is 0 Å². The van der Waals surface area contributed by atoms with Gasteiger partial charge in [0.25, 0.3) is 0 Å². The average Bonchev–Trinajstić information content (AvgIpc) is 2.80. The smallest absolute Gasteiger partial charge is 0.310 e. The minimum Gasteiger partial charge on any atom is -0.382 e. The summed E-state index contributed by atoms with van der Waals surface area (Å²) in [5, 5.41) is 0. The third-order valence-electron chi connectivity index (χ3n) is 6.04. The van der Waals surface area contributed by atoms with Crippen molar-refractivity contribution in [2.24, 2.45) is 16.7 Å². The third-order valence-corrected chi connectivity index (χ3v) is 8.46. The molecule has 138 valence electrons. The highest BCUT2D eigenvalue weighted by Crippen LogP contribution is 2.64. The van der Waals surface area contributed by atoms with Gasteiger partial charge in [0, 0.05) is 12.7 Å². The molecule has 2 unspecified atom stereocenters. The van der Waals surface area contributed by atoms with E-state index in [1.165, 1.54) is 24.3 Å². The Bertz CT molecular complexity index is 912. The van der Waals surface area contributed by atoms with E-state index in [9.17, 15) is 21.6 Å². The molecule has 0 aliphatic heterocycles. The second kappa shape index (κ2) is 5.54. The zero-order chi connectivity index (χ0) is 18.7. The van der Waals surface area contributed by atoms with E-state index in [1.807, 2.05) is 13.8 Å². The molecule has 8 heteroatoms. The minimum atomic E-state index is -3.98. The molecule has 2 bridgehead atoms. The van der Waals surface area contributed by atoms with Crippen LogP contribution < -0.4 is 4.18 Å². The second-order valence-corrected chi connectivity index (χ2v) is 11.3. The Morgan fingerprint density at radius 2 is 1.72 bits per heavy atom. The van der Waals surface area contributed by atoms with Gasteiger partial charge in [-0.05, 0) is 48.4 Å². The number of sulfone groups is 1. The normalized spacial score (nSPS) is 28.3. The molecule has 25 heavy (non-hydrogen) atoms. The number of fused-ring (bicyclic) bond motifs is 2. The number of carbonyl (C=O) groups excluding carboxylic acids is 1. The predicted octanol–water partition coefficient (Wildman–Crippen LogP) is 2.19. The van der Waals surface area contributed by atoms with Gasteiger partial charge in [0.2, 0.25) is 0 Å². The van der Waals surface area contributed by atoms with Gasteiger partial charge in [-0.3, -0.25) is 4.79 Å². The molecule has 2 aliphatic rings. The lowest BCUT2D eigenvalue weighted by Crippen LogP contribution is -2.43. The van der Waals surface area contributed by atoms with Crippen LogP contribution in [-0.4, -0.2) is 34.6 Å². The van der Waals surface area contributed by atoms with E-state index in [4.69, 9.17) is 4.18 Å². The van der Waals surface area contributed by atoms with Crippen molar-refractivity contribution in [2.45, 2.75) is 38.0 Å². The van der Waals surface area contributed by atoms with Gasteiger partial charge in [0.1, 0.15) is 11.5 Å². The molecular weight excluding hydrogens is 364 g/mol. The summed E-state index contributed by atoms with van der Waals surface area (Å²) in [5.74, 6) is -0.0601. The van der Waals surface area contributed by atoms with Gasteiger partial charge in [-0.15, -0.1) is 0 Å². The zero-order valence-corrected chi connectivity index (χ0v) is 16.1. The monoisotopic (exact) mass is 386 g/mol. The number of rotatable bonds is 5. The SMILES string of the molecule is CC1(C)C2CCC1(CS(=O)(=O)Oc1ccc(S(C)(=O)=O)cc1)C(=O)C2. The topological polar surface area (TPSA) is 94.6 Å². The summed E-state index contributed by atoms with van der Waals surface area (Å²) in [7, 11) is -7.35. The molecule has 2 aliphatic carbocycles. The van der Waals surface area contributed by atoms with Gasteiger partial charge in [-0.2, -0.15) is 8.42 Å². The van der Waals surface area contributed by atoms with Crippen molar-refractivity contribution in [2.75, 3.05) is 12.0 Å². The Kier molecular flexibility index (Phi) is 4.07. The Balaban J connectivity index is 1.83. The highest BCUT2D eigenvalue weighted by atomic mass is 32.2. The molecule has 1 aromatic carbocycles. The maximum atomic E-state index is 12.6. The summed E-state index contributed by atoms with van der Waals surface area (Å²) < 4.78 is 53.2. The molecule has 2 saturated carbocycles. The van der Waals surface area contributed by atoms with Crippen LogP contribution in [-0.2, 0) is 24.7 Å². The maximum absolute atomic E-state index is 12.6. The first-order chi connectivity index (χ1) is 11.4. The molecule has 2 fully saturated rings. The molecule has 2 atom stereocenters. The van der Waals surface area contributed by atoms with Crippen LogP contribution >= 0.6 is 0 Å². The summed E-state index contributed by atoms with van der Waals surface area (Å²) in [4.78, 5) is 12.6. The first kappa shape index (κ1) is 18.4. The predicted molar refractivity (Wildman–Crippen MR) is 92.5 cm³/mol. The standard InChI is InChI=1S/C17H22O6S2/c1-16(2)12-8-9-17(16,15(18)10-12)11-25(21,22)23-13-4-6-14(7-5-13)24(3,19)20/h4-7,12H,8-11H2,1-3H3. The van der Waals surface area contributed by atoms with E-state index in [-0.39, 0.29) is 33.5 Å². The van der Waals surface area contributed by atoms with E-state index >= 15 is 0 Å². The Morgan fingerprint density at radius 3 is 2.16 bits per heavy atom. The number of carbonyl (C=O) groups is 1. The molecule has 0 N–H and O–H groups in total. The van der Waals surface area contributed by atoms with Crippen LogP contribution in [0.4, 0.5) is 0 Å². The van der Waals surface area contributed by atoms with E-state index in [2.05, 4.69) is 0 Å². The van der Waals surface area contributed by atoms with Crippen molar-refractivity contribution < 1.29 is 25.8 Å². The zero-order valence-electron chi connectivity index (χ0n) is 14.5. The lowest BCUT2D eigenvalue weighted by molar-refractivity contribution is -0.128. The van der Waals surface area contributed by atoms with E-state index < -0.39 is 25.4 Å². The molecule has 3 rings (SSSR count). The fourth-order valence-corrected chi connectivity index (χ4v) is 6.70. The molecule has 0 heterocycles.